The van der Waals surface area contributed by atoms with E-state index in [-0.39, 0.29) is 28.6 Å². The number of nitrogens with one attached hydrogen (secondary N) is 2. The Morgan fingerprint density at radius 2 is 2.09 bits per heavy atom. The van der Waals surface area contributed by atoms with Crippen LogP contribution in [0.1, 0.15) is 16.8 Å². The van der Waals surface area contributed by atoms with E-state index in [2.05, 4.69) is 10.6 Å². The van der Waals surface area contributed by atoms with Crippen LogP contribution in [-0.2, 0) is 14.6 Å². The van der Waals surface area contributed by atoms with Crippen molar-refractivity contribution in [2.45, 2.75) is 12.5 Å². The molecule has 0 radical (unpaired) electrons. The molecule has 120 valence electrons. The number of carbonyl (C=O) groups excluding carboxylic acids is 2. The van der Waals surface area contributed by atoms with E-state index >= 15 is 0 Å². The predicted molar refractivity (Wildman–Crippen MR) is 78.9 cm³/mol. The van der Waals surface area contributed by atoms with Crippen molar-refractivity contribution >= 4 is 33.3 Å². The molecule has 1 aliphatic rings. The molecule has 0 aliphatic carbocycles. The maximum atomic E-state index is 13.5. The van der Waals surface area contributed by atoms with E-state index in [1.54, 1.807) is 0 Å². The number of amides is 2. The highest BCUT2D eigenvalue weighted by molar-refractivity contribution is 7.91. The molecule has 2 N–H and O–H groups in total. The number of hydrogen-bond acceptors (Lipinski definition) is 4. The van der Waals surface area contributed by atoms with E-state index in [1.165, 1.54) is 12.1 Å². The summed E-state index contributed by atoms with van der Waals surface area (Å²) in [4.78, 5) is 23.5. The van der Waals surface area contributed by atoms with Crippen molar-refractivity contribution in [1.82, 2.24) is 10.6 Å². The van der Waals surface area contributed by atoms with Gasteiger partial charge >= 0.3 is 0 Å². The number of carbonyl (C=O) groups is 2. The van der Waals surface area contributed by atoms with Gasteiger partial charge in [0.25, 0.3) is 5.91 Å². The molecule has 1 aromatic rings. The van der Waals surface area contributed by atoms with Crippen LogP contribution in [0, 0.1) is 5.82 Å². The summed E-state index contributed by atoms with van der Waals surface area (Å²) < 4.78 is 36.1. The SMILES string of the molecule is O=C(CNC(=O)c1c(F)cccc1Cl)NC1CCS(=O)(=O)C1. The van der Waals surface area contributed by atoms with Gasteiger partial charge in [-0.2, -0.15) is 0 Å². The average Bonchev–Trinajstić information content (AvgIpc) is 2.75. The second kappa shape index (κ2) is 6.62. The van der Waals surface area contributed by atoms with Crippen molar-refractivity contribution < 1.29 is 22.4 Å². The Bertz CT molecular complexity index is 688. The number of sulfone groups is 1. The van der Waals surface area contributed by atoms with Crippen molar-refractivity contribution in [3.63, 3.8) is 0 Å². The topological polar surface area (TPSA) is 92.3 Å². The molecule has 9 heteroatoms. The summed E-state index contributed by atoms with van der Waals surface area (Å²) in [6.07, 6.45) is 0.348. The first-order valence-corrected chi connectivity index (χ1v) is 8.70. The molecule has 1 aromatic carbocycles. The summed E-state index contributed by atoms with van der Waals surface area (Å²) in [6, 6.07) is 3.36. The monoisotopic (exact) mass is 348 g/mol. The molecular weight excluding hydrogens is 335 g/mol. The van der Waals surface area contributed by atoms with E-state index in [1.807, 2.05) is 0 Å². The summed E-state index contributed by atoms with van der Waals surface area (Å²) >= 11 is 5.74. The van der Waals surface area contributed by atoms with Crippen molar-refractivity contribution in [2.75, 3.05) is 18.1 Å². The van der Waals surface area contributed by atoms with Gasteiger partial charge in [0.2, 0.25) is 5.91 Å². The van der Waals surface area contributed by atoms with Crippen LogP contribution in [0.25, 0.3) is 0 Å². The number of benzene rings is 1. The van der Waals surface area contributed by atoms with Crippen LogP contribution >= 0.6 is 11.6 Å². The number of rotatable bonds is 4. The molecule has 1 aliphatic heterocycles. The lowest BCUT2D eigenvalue weighted by Gasteiger charge is -2.12. The lowest BCUT2D eigenvalue weighted by molar-refractivity contribution is -0.120. The van der Waals surface area contributed by atoms with Gasteiger partial charge in [0, 0.05) is 6.04 Å². The van der Waals surface area contributed by atoms with Gasteiger partial charge in [-0.05, 0) is 18.6 Å². The largest absolute Gasteiger partial charge is 0.351 e. The van der Waals surface area contributed by atoms with Gasteiger partial charge in [-0.3, -0.25) is 9.59 Å². The lowest BCUT2D eigenvalue weighted by Crippen LogP contribution is -2.42. The number of hydrogen-bond donors (Lipinski definition) is 2. The minimum atomic E-state index is -3.10. The van der Waals surface area contributed by atoms with E-state index in [0.29, 0.717) is 6.42 Å². The van der Waals surface area contributed by atoms with Crippen LogP contribution in [0.3, 0.4) is 0 Å². The van der Waals surface area contributed by atoms with Crippen LogP contribution < -0.4 is 10.6 Å². The fraction of sp³-hybridized carbons (Fsp3) is 0.385. The molecule has 22 heavy (non-hydrogen) atoms. The van der Waals surface area contributed by atoms with Crippen LogP contribution in [0.4, 0.5) is 4.39 Å². The standard InChI is InChI=1S/C13H14ClFN2O4S/c14-9-2-1-3-10(15)12(9)13(19)16-6-11(18)17-8-4-5-22(20,21)7-8/h1-3,8H,4-7H2,(H,16,19)(H,17,18). The molecule has 0 aromatic heterocycles. The van der Waals surface area contributed by atoms with Gasteiger partial charge in [-0.25, -0.2) is 12.8 Å². The van der Waals surface area contributed by atoms with Gasteiger partial charge in [-0.1, -0.05) is 17.7 Å². The van der Waals surface area contributed by atoms with E-state index in [9.17, 15) is 22.4 Å². The predicted octanol–water partition coefficient (Wildman–Crippen LogP) is 0.512. The quantitative estimate of drug-likeness (QED) is 0.829. The molecular formula is C13H14ClFN2O4S. The Morgan fingerprint density at radius 3 is 2.68 bits per heavy atom. The lowest BCUT2D eigenvalue weighted by atomic mass is 10.2. The second-order valence-electron chi connectivity index (χ2n) is 4.95. The third-order valence-corrected chi connectivity index (χ3v) is 5.28. The highest BCUT2D eigenvalue weighted by atomic mass is 35.5. The fourth-order valence-corrected chi connectivity index (χ4v) is 4.07. The summed E-state index contributed by atoms with van der Waals surface area (Å²) in [5.41, 5.74) is -0.333. The van der Waals surface area contributed by atoms with Gasteiger partial charge in [0.05, 0.1) is 28.6 Å². The Morgan fingerprint density at radius 1 is 1.36 bits per heavy atom. The summed E-state index contributed by atoms with van der Waals surface area (Å²) in [5.74, 6) is -2.20. The molecule has 0 saturated carbocycles. The average molecular weight is 349 g/mol. The molecule has 2 amide bonds. The first kappa shape index (κ1) is 16.7. The highest BCUT2D eigenvalue weighted by Gasteiger charge is 2.29. The third kappa shape index (κ3) is 4.17. The van der Waals surface area contributed by atoms with Crippen LogP contribution in [0.15, 0.2) is 18.2 Å². The maximum absolute atomic E-state index is 13.5. The zero-order valence-corrected chi connectivity index (χ0v) is 13.0. The Labute approximate surface area is 131 Å². The molecule has 1 atom stereocenters. The van der Waals surface area contributed by atoms with Crippen molar-refractivity contribution in [1.29, 1.82) is 0 Å². The van der Waals surface area contributed by atoms with E-state index in [4.69, 9.17) is 11.6 Å². The highest BCUT2D eigenvalue weighted by Crippen LogP contribution is 2.18. The Kier molecular flexibility index (Phi) is 5.02. The molecule has 1 saturated heterocycles. The summed E-state index contributed by atoms with van der Waals surface area (Å²) in [5, 5.41) is 4.71. The minimum Gasteiger partial charge on any atom is -0.351 e. The normalized spacial score (nSPS) is 19.6. The van der Waals surface area contributed by atoms with E-state index < -0.39 is 33.5 Å². The molecule has 2 rings (SSSR count). The molecule has 1 fully saturated rings. The zero-order chi connectivity index (χ0) is 16.3. The Balaban J connectivity index is 1.88. The van der Waals surface area contributed by atoms with Gasteiger partial charge in [0.1, 0.15) is 5.82 Å². The first-order chi connectivity index (χ1) is 10.3. The van der Waals surface area contributed by atoms with Gasteiger partial charge in [-0.15, -0.1) is 0 Å². The molecule has 0 bridgehead atoms. The maximum Gasteiger partial charge on any atom is 0.256 e. The zero-order valence-electron chi connectivity index (χ0n) is 11.4. The van der Waals surface area contributed by atoms with Crippen LogP contribution in [0.5, 0.6) is 0 Å². The Hall–Kier alpha value is -1.67. The van der Waals surface area contributed by atoms with Crippen LogP contribution in [-0.4, -0.2) is 44.3 Å². The van der Waals surface area contributed by atoms with Crippen LogP contribution in [0.2, 0.25) is 5.02 Å². The smallest absolute Gasteiger partial charge is 0.256 e. The molecule has 1 heterocycles. The molecule has 0 spiro atoms. The minimum absolute atomic E-state index is 0.0368. The molecule has 6 nitrogen and oxygen atoms in total. The van der Waals surface area contributed by atoms with Gasteiger partial charge < -0.3 is 10.6 Å². The summed E-state index contributed by atoms with van der Waals surface area (Å²) in [7, 11) is -3.10. The summed E-state index contributed by atoms with van der Waals surface area (Å²) in [6.45, 7) is -0.389. The first-order valence-electron chi connectivity index (χ1n) is 6.50. The van der Waals surface area contributed by atoms with Crippen molar-refractivity contribution in [3.8, 4) is 0 Å². The van der Waals surface area contributed by atoms with Crippen molar-refractivity contribution in [3.05, 3.63) is 34.6 Å². The third-order valence-electron chi connectivity index (χ3n) is 3.20. The fourth-order valence-electron chi connectivity index (χ4n) is 2.15. The second-order valence-corrected chi connectivity index (χ2v) is 7.58. The number of halogens is 2. The van der Waals surface area contributed by atoms with Crippen molar-refractivity contribution in [2.24, 2.45) is 0 Å². The van der Waals surface area contributed by atoms with Gasteiger partial charge in [0.15, 0.2) is 9.84 Å². The molecule has 1 unspecified atom stereocenters. The van der Waals surface area contributed by atoms with E-state index in [0.717, 1.165) is 6.07 Å².